The monoisotopic (exact) mass is 204 g/mol. The summed E-state index contributed by atoms with van der Waals surface area (Å²) >= 11 is 0. The molecule has 1 aromatic rings. The predicted molar refractivity (Wildman–Crippen MR) is 61.9 cm³/mol. The van der Waals surface area contributed by atoms with Crippen LogP contribution in [0.2, 0.25) is 0 Å². The molecule has 0 aromatic heterocycles. The summed E-state index contributed by atoms with van der Waals surface area (Å²) in [5.41, 5.74) is 9.82. The number of hydrogen-bond acceptors (Lipinski definition) is 2. The molecule has 3 nitrogen and oxygen atoms in total. The van der Waals surface area contributed by atoms with Crippen molar-refractivity contribution in [2.45, 2.75) is 26.7 Å². The number of benzene rings is 1. The van der Waals surface area contributed by atoms with E-state index < -0.39 is 0 Å². The summed E-state index contributed by atoms with van der Waals surface area (Å²) in [4.78, 5) is 13.4. The van der Waals surface area contributed by atoms with Crippen molar-refractivity contribution in [2.75, 3.05) is 17.2 Å². The first-order valence-corrected chi connectivity index (χ1v) is 5.27. The molecule has 0 spiro atoms. The maximum absolute atomic E-state index is 11.6. The molecule has 1 fully saturated rings. The van der Waals surface area contributed by atoms with E-state index in [9.17, 15) is 4.79 Å². The Hall–Kier alpha value is -1.51. The fourth-order valence-electron chi connectivity index (χ4n) is 2.05. The first-order valence-electron chi connectivity index (χ1n) is 5.27. The molecule has 80 valence electrons. The zero-order chi connectivity index (χ0) is 11.0. The van der Waals surface area contributed by atoms with Crippen LogP contribution in [0.1, 0.15) is 24.0 Å². The van der Waals surface area contributed by atoms with Gasteiger partial charge in [-0.2, -0.15) is 0 Å². The average molecular weight is 204 g/mol. The minimum Gasteiger partial charge on any atom is -0.398 e. The quantitative estimate of drug-likeness (QED) is 0.711. The largest absolute Gasteiger partial charge is 0.398 e. The number of amides is 1. The Morgan fingerprint density at radius 3 is 2.67 bits per heavy atom. The number of nitrogens with zero attached hydrogens (tertiary/aromatic N) is 1. The number of anilines is 2. The normalized spacial score (nSPS) is 16.1. The Labute approximate surface area is 89.9 Å². The molecule has 0 saturated carbocycles. The van der Waals surface area contributed by atoms with Crippen LogP contribution in [0.4, 0.5) is 11.4 Å². The van der Waals surface area contributed by atoms with Gasteiger partial charge in [0.15, 0.2) is 0 Å². The van der Waals surface area contributed by atoms with Gasteiger partial charge >= 0.3 is 0 Å². The van der Waals surface area contributed by atoms with E-state index in [1.165, 1.54) is 0 Å². The molecule has 15 heavy (non-hydrogen) atoms. The molecule has 0 bridgehead atoms. The number of rotatable bonds is 1. The molecular formula is C12H16N2O. The molecule has 1 saturated heterocycles. The summed E-state index contributed by atoms with van der Waals surface area (Å²) < 4.78 is 0. The van der Waals surface area contributed by atoms with E-state index in [2.05, 4.69) is 0 Å². The smallest absolute Gasteiger partial charge is 0.227 e. The van der Waals surface area contributed by atoms with E-state index in [-0.39, 0.29) is 5.91 Å². The van der Waals surface area contributed by atoms with Gasteiger partial charge in [-0.15, -0.1) is 0 Å². The van der Waals surface area contributed by atoms with E-state index in [0.717, 1.165) is 35.5 Å². The highest BCUT2D eigenvalue weighted by Gasteiger charge is 2.23. The minimum atomic E-state index is 0.210. The third kappa shape index (κ3) is 1.58. The van der Waals surface area contributed by atoms with Crippen molar-refractivity contribution in [1.82, 2.24) is 0 Å². The molecule has 1 aliphatic rings. The van der Waals surface area contributed by atoms with E-state index >= 15 is 0 Å². The van der Waals surface area contributed by atoms with Crippen molar-refractivity contribution in [3.05, 3.63) is 23.3 Å². The van der Waals surface area contributed by atoms with Gasteiger partial charge in [0.1, 0.15) is 0 Å². The highest BCUT2D eigenvalue weighted by atomic mass is 16.2. The Bertz CT molecular complexity index is 412. The minimum absolute atomic E-state index is 0.210. The van der Waals surface area contributed by atoms with Crippen LogP contribution < -0.4 is 10.6 Å². The van der Waals surface area contributed by atoms with Crippen molar-refractivity contribution < 1.29 is 4.79 Å². The van der Waals surface area contributed by atoms with Crippen LogP contribution in [0.3, 0.4) is 0 Å². The molecule has 0 unspecified atom stereocenters. The van der Waals surface area contributed by atoms with Gasteiger partial charge in [0.05, 0.1) is 0 Å². The SMILES string of the molecule is Cc1ccc(N2CCCC2=O)c(C)c1N. The topological polar surface area (TPSA) is 46.3 Å². The van der Waals surface area contributed by atoms with Crippen LogP contribution in [0.15, 0.2) is 12.1 Å². The maximum Gasteiger partial charge on any atom is 0.227 e. The van der Waals surface area contributed by atoms with Crippen molar-refractivity contribution in [3.8, 4) is 0 Å². The molecule has 3 heteroatoms. The Morgan fingerprint density at radius 2 is 2.07 bits per heavy atom. The van der Waals surface area contributed by atoms with E-state index in [1.54, 1.807) is 0 Å². The molecule has 0 radical (unpaired) electrons. The number of nitrogens with two attached hydrogens (primary N) is 1. The van der Waals surface area contributed by atoms with Gasteiger partial charge in [-0.05, 0) is 37.5 Å². The van der Waals surface area contributed by atoms with Crippen LogP contribution in [-0.2, 0) is 4.79 Å². The number of carbonyl (C=O) groups is 1. The highest BCUT2D eigenvalue weighted by molar-refractivity contribution is 5.96. The van der Waals surface area contributed by atoms with Gasteiger partial charge in [-0.1, -0.05) is 6.07 Å². The molecule has 0 atom stereocenters. The average Bonchev–Trinajstić information content (AvgIpc) is 2.62. The molecule has 0 aliphatic carbocycles. The van der Waals surface area contributed by atoms with Crippen LogP contribution in [0, 0.1) is 13.8 Å². The van der Waals surface area contributed by atoms with Gasteiger partial charge in [-0.25, -0.2) is 0 Å². The van der Waals surface area contributed by atoms with E-state index in [4.69, 9.17) is 5.73 Å². The van der Waals surface area contributed by atoms with Crippen LogP contribution >= 0.6 is 0 Å². The Kier molecular flexibility index (Phi) is 2.39. The number of nitrogen functional groups attached to an aromatic ring is 1. The number of carbonyl (C=O) groups excluding carboxylic acids is 1. The first kappa shape index (κ1) is 10.0. The first-order chi connectivity index (χ1) is 7.11. The fourth-order valence-corrected chi connectivity index (χ4v) is 2.05. The van der Waals surface area contributed by atoms with Crippen LogP contribution in [0.5, 0.6) is 0 Å². The fraction of sp³-hybridized carbons (Fsp3) is 0.417. The third-order valence-corrected chi connectivity index (χ3v) is 3.07. The lowest BCUT2D eigenvalue weighted by Crippen LogP contribution is -2.24. The summed E-state index contributed by atoms with van der Waals surface area (Å²) in [7, 11) is 0. The molecule has 2 N–H and O–H groups in total. The molecular weight excluding hydrogens is 188 g/mol. The highest BCUT2D eigenvalue weighted by Crippen LogP contribution is 2.30. The van der Waals surface area contributed by atoms with Crippen LogP contribution in [-0.4, -0.2) is 12.5 Å². The third-order valence-electron chi connectivity index (χ3n) is 3.07. The van der Waals surface area contributed by atoms with Gasteiger partial charge in [0.25, 0.3) is 0 Å². The second-order valence-corrected chi connectivity index (χ2v) is 4.09. The lowest BCUT2D eigenvalue weighted by molar-refractivity contribution is -0.117. The van der Waals surface area contributed by atoms with Gasteiger partial charge in [-0.3, -0.25) is 4.79 Å². The summed E-state index contributed by atoms with van der Waals surface area (Å²) in [6.45, 7) is 4.78. The lowest BCUT2D eigenvalue weighted by Gasteiger charge is -2.20. The summed E-state index contributed by atoms with van der Waals surface area (Å²) in [5, 5.41) is 0. The lowest BCUT2D eigenvalue weighted by atomic mass is 10.1. The summed E-state index contributed by atoms with van der Waals surface area (Å²) in [6.07, 6.45) is 1.61. The molecule has 1 aromatic carbocycles. The van der Waals surface area contributed by atoms with E-state index in [1.807, 2.05) is 30.9 Å². The zero-order valence-electron chi connectivity index (χ0n) is 9.21. The predicted octanol–water partition coefficient (Wildman–Crippen LogP) is 2.01. The molecule has 1 aliphatic heterocycles. The van der Waals surface area contributed by atoms with Crippen molar-refractivity contribution in [2.24, 2.45) is 0 Å². The number of aryl methyl sites for hydroxylation is 1. The summed E-state index contributed by atoms with van der Waals surface area (Å²) in [5.74, 6) is 0.210. The maximum atomic E-state index is 11.6. The molecule has 2 rings (SSSR count). The Morgan fingerprint density at radius 1 is 1.33 bits per heavy atom. The van der Waals surface area contributed by atoms with Crippen molar-refractivity contribution in [1.29, 1.82) is 0 Å². The second-order valence-electron chi connectivity index (χ2n) is 4.09. The van der Waals surface area contributed by atoms with Crippen molar-refractivity contribution >= 4 is 17.3 Å². The van der Waals surface area contributed by atoms with E-state index in [0.29, 0.717) is 6.42 Å². The standard InChI is InChI=1S/C12H16N2O/c1-8-5-6-10(9(2)12(8)13)14-7-3-4-11(14)15/h5-6H,3-4,7,13H2,1-2H3. The van der Waals surface area contributed by atoms with Gasteiger partial charge < -0.3 is 10.6 Å². The molecule has 1 heterocycles. The van der Waals surface area contributed by atoms with Gasteiger partial charge in [0, 0.05) is 24.3 Å². The van der Waals surface area contributed by atoms with Crippen LogP contribution in [0.25, 0.3) is 0 Å². The zero-order valence-corrected chi connectivity index (χ0v) is 9.21. The molecule has 1 amide bonds. The summed E-state index contributed by atoms with van der Waals surface area (Å²) in [6, 6.07) is 3.97. The number of hydrogen-bond donors (Lipinski definition) is 1. The van der Waals surface area contributed by atoms with Gasteiger partial charge in [0.2, 0.25) is 5.91 Å². The second kappa shape index (κ2) is 3.57. The Balaban J connectivity index is 2.45. The van der Waals surface area contributed by atoms with Crippen molar-refractivity contribution in [3.63, 3.8) is 0 Å².